The molecular formula is C25H29N3. The second kappa shape index (κ2) is 8.15. The van der Waals surface area contributed by atoms with Gasteiger partial charge in [0, 0.05) is 17.6 Å². The van der Waals surface area contributed by atoms with Gasteiger partial charge in [0.1, 0.15) is 5.84 Å². The maximum Gasteiger partial charge on any atom is 0.122 e. The van der Waals surface area contributed by atoms with E-state index in [1.165, 1.54) is 41.2 Å². The molecule has 3 nitrogen and oxygen atoms in total. The number of nitrogen functional groups attached to an aromatic ring is 1. The van der Waals surface area contributed by atoms with Crippen molar-refractivity contribution in [3.63, 3.8) is 0 Å². The minimum Gasteiger partial charge on any atom is -0.384 e. The first-order valence-corrected chi connectivity index (χ1v) is 10.3. The van der Waals surface area contributed by atoms with Gasteiger partial charge in [-0.05, 0) is 54.0 Å². The van der Waals surface area contributed by atoms with Crippen molar-refractivity contribution in [1.29, 1.82) is 5.41 Å². The zero-order valence-electron chi connectivity index (χ0n) is 16.5. The van der Waals surface area contributed by atoms with Gasteiger partial charge < -0.3 is 11.1 Å². The van der Waals surface area contributed by atoms with E-state index in [-0.39, 0.29) is 5.84 Å². The smallest absolute Gasteiger partial charge is 0.122 e. The van der Waals surface area contributed by atoms with Crippen LogP contribution < -0.4 is 11.1 Å². The van der Waals surface area contributed by atoms with E-state index in [0.717, 1.165) is 12.0 Å². The van der Waals surface area contributed by atoms with Gasteiger partial charge in [-0.1, -0.05) is 73.2 Å². The monoisotopic (exact) mass is 371 g/mol. The van der Waals surface area contributed by atoms with E-state index >= 15 is 0 Å². The molecule has 1 aliphatic rings. The van der Waals surface area contributed by atoms with Crippen LogP contribution in [0, 0.1) is 5.41 Å². The van der Waals surface area contributed by atoms with E-state index in [1.807, 2.05) is 12.1 Å². The third kappa shape index (κ3) is 3.95. The first kappa shape index (κ1) is 18.7. The summed E-state index contributed by atoms with van der Waals surface area (Å²) in [6.45, 7) is 2.28. The highest BCUT2D eigenvalue weighted by Crippen LogP contribution is 2.34. The Hall–Kier alpha value is -2.65. The topological polar surface area (TPSA) is 61.9 Å². The summed E-state index contributed by atoms with van der Waals surface area (Å²) >= 11 is 0. The lowest BCUT2D eigenvalue weighted by Gasteiger charge is -2.32. The summed E-state index contributed by atoms with van der Waals surface area (Å²) in [6, 6.07) is 24.4. The second-order valence-electron chi connectivity index (χ2n) is 8.05. The maximum absolute atomic E-state index is 7.57. The molecule has 3 aromatic carbocycles. The minimum atomic E-state index is 0.138. The molecule has 0 spiro atoms. The van der Waals surface area contributed by atoms with Gasteiger partial charge in [0.05, 0.1) is 0 Å². The van der Waals surface area contributed by atoms with Crippen molar-refractivity contribution < 1.29 is 0 Å². The maximum atomic E-state index is 7.57. The molecule has 3 aromatic rings. The van der Waals surface area contributed by atoms with Crippen LogP contribution in [0.4, 0.5) is 0 Å². The molecule has 2 unspecified atom stereocenters. The molecule has 3 heteroatoms. The van der Waals surface area contributed by atoms with Gasteiger partial charge >= 0.3 is 0 Å². The van der Waals surface area contributed by atoms with Gasteiger partial charge in [0.15, 0.2) is 0 Å². The fraction of sp³-hybridized carbons (Fsp3) is 0.320. The molecule has 4 N–H and O–H groups in total. The second-order valence-corrected chi connectivity index (χ2v) is 8.05. The molecule has 3 atom stereocenters. The Bertz CT molecular complexity index is 956. The molecule has 0 saturated heterocycles. The summed E-state index contributed by atoms with van der Waals surface area (Å²) in [4.78, 5) is 0. The average molecular weight is 372 g/mol. The lowest BCUT2D eigenvalue weighted by atomic mass is 9.80. The predicted molar refractivity (Wildman–Crippen MR) is 118 cm³/mol. The van der Waals surface area contributed by atoms with Crippen molar-refractivity contribution in [2.24, 2.45) is 5.73 Å². The van der Waals surface area contributed by atoms with E-state index in [9.17, 15) is 0 Å². The highest BCUT2D eigenvalue weighted by atomic mass is 14.9. The summed E-state index contributed by atoms with van der Waals surface area (Å²) in [7, 11) is 0. The lowest BCUT2D eigenvalue weighted by Crippen LogP contribution is -2.35. The summed E-state index contributed by atoms with van der Waals surface area (Å²) in [5.41, 5.74) is 9.14. The Kier molecular flexibility index (Phi) is 5.45. The summed E-state index contributed by atoms with van der Waals surface area (Å²) in [6.07, 6.45) is 4.88. The van der Waals surface area contributed by atoms with Crippen molar-refractivity contribution in [3.05, 3.63) is 83.4 Å². The van der Waals surface area contributed by atoms with Crippen LogP contribution in [0.3, 0.4) is 0 Å². The van der Waals surface area contributed by atoms with Crippen LogP contribution in [0.1, 0.15) is 61.3 Å². The first-order valence-electron chi connectivity index (χ1n) is 10.3. The Labute approximate surface area is 167 Å². The molecule has 1 fully saturated rings. The zero-order valence-corrected chi connectivity index (χ0v) is 16.5. The Morgan fingerprint density at radius 1 is 1.00 bits per heavy atom. The predicted octanol–water partition coefficient (Wildman–Crippen LogP) is 5.50. The standard InChI is InChI=1S/C25H29N3/c1-17(23-11-5-7-19-6-2-3-10-24(19)23)28-22-9-4-8-21(16-22)18-12-14-20(15-13-18)25(26)27/h2-3,5-7,10-15,17,21-22,28H,4,8-9,16H2,1H3,(H3,26,27)/t17-,21?,22?/m1/s1. The molecule has 0 aromatic heterocycles. The highest BCUT2D eigenvalue weighted by Gasteiger charge is 2.25. The number of hydrogen-bond donors (Lipinski definition) is 3. The van der Waals surface area contributed by atoms with Crippen LogP contribution in [0.2, 0.25) is 0 Å². The van der Waals surface area contributed by atoms with Gasteiger partial charge in [-0.25, -0.2) is 0 Å². The number of benzene rings is 3. The van der Waals surface area contributed by atoms with Crippen LogP contribution in [-0.2, 0) is 0 Å². The van der Waals surface area contributed by atoms with Crippen molar-refractivity contribution >= 4 is 16.6 Å². The van der Waals surface area contributed by atoms with Crippen LogP contribution >= 0.6 is 0 Å². The fourth-order valence-electron chi connectivity index (χ4n) is 4.65. The third-order valence-electron chi connectivity index (χ3n) is 6.14. The molecule has 144 valence electrons. The largest absolute Gasteiger partial charge is 0.384 e. The van der Waals surface area contributed by atoms with Crippen molar-refractivity contribution in [2.75, 3.05) is 0 Å². The van der Waals surface area contributed by atoms with Gasteiger partial charge in [0.2, 0.25) is 0 Å². The van der Waals surface area contributed by atoms with E-state index in [2.05, 4.69) is 66.8 Å². The van der Waals surface area contributed by atoms with Crippen molar-refractivity contribution in [1.82, 2.24) is 5.32 Å². The van der Waals surface area contributed by atoms with Crippen LogP contribution in [0.15, 0.2) is 66.7 Å². The van der Waals surface area contributed by atoms with Gasteiger partial charge in [0.25, 0.3) is 0 Å². The van der Waals surface area contributed by atoms with Crippen LogP contribution in [-0.4, -0.2) is 11.9 Å². The lowest BCUT2D eigenvalue weighted by molar-refractivity contribution is 0.319. The molecule has 1 saturated carbocycles. The molecule has 0 aliphatic heterocycles. The Morgan fingerprint density at radius 2 is 1.75 bits per heavy atom. The van der Waals surface area contributed by atoms with E-state index < -0.39 is 0 Å². The van der Waals surface area contributed by atoms with Gasteiger partial charge in [-0.2, -0.15) is 0 Å². The summed E-state index contributed by atoms with van der Waals surface area (Å²) in [5, 5.41) is 14.1. The summed E-state index contributed by atoms with van der Waals surface area (Å²) < 4.78 is 0. The normalized spacial score (nSPS) is 20.8. The molecule has 4 rings (SSSR count). The van der Waals surface area contributed by atoms with E-state index in [1.54, 1.807) is 0 Å². The molecule has 0 heterocycles. The van der Waals surface area contributed by atoms with E-state index in [4.69, 9.17) is 11.1 Å². The van der Waals surface area contributed by atoms with Gasteiger partial charge in [-0.3, -0.25) is 5.41 Å². The van der Waals surface area contributed by atoms with Crippen LogP contribution in [0.25, 0.3) is 10.8 Å². The number of fused-ring (bicyclic) bond motifs is 1. The number of nitrogens with two attached hydrogens (primary N) is 1. The average Bonchev–Trinajstić information content (AvgIpc) is 2.73. The van der Waals surface area contributed by atoms with Crippen molar-refractivity contribution in [3.8, 4) is 0 Å². The number of hydrogen-bond acceptors (Lipinski definition) is 2. The number of nitrogens with one attached hydrogen (secondary N) is 2. The quantitative estimate of drug-likeness (QED) is 0.409. The number of amidine groups is 1. The highest BCUT2D eigenvalue weighted by molar-refractivity contribution is 5.94. The SMILES string of the molecule is C[C@@H](NC1CCCC(c2ccc(C(=N)N)cc2)C1)c1cccc2ccccc12. The van der Waals surface area contributed by atoms with Crippen LogP contribution in [0.5, 0.6) is 0 Å². The minimum absolute atomic E-state index is 0.138. The first-order chi connectivity index (χ1) is 13.6. The van der Waals surface area contributed by atoms with Gasteiger partial charge in [-0.15, -0.1) is 0 Å². The molecule has 0 radical (unpaired) electrons. The fourth-order valence-corrected chi connectivity index (χ4v) is 4.65. The molecule has 0 amide bonds. The zero-order chi connectivity index (χ0) is 19.5. The Morgan fingerprint density at radius 3 is 2.54 bits per heavy atom. The Balaban J connectivity index is 1.46. The summed E-state index contributed by atoms with van der Waals surface area (Å²) in [5.74, 6) is 0.714. The molecular weight excluding hydrogens is 342 g/mol. The van der Waals surface area contributed by atoms with Crippen molar-refractivity contribution in [2.45, 2.75) is 50.6 Å². The molecule has 0 bridgehead atoms. The number of rotatable bonds is 5. The molecule has 1 aliphatic carbocycles. The molecule has 28 heavy (non-hydrogen) atoms. The van der Waals surface area contributed by atoms with E-state index in [0.29, 0.717) is 18.0 Å². The third-order valence-corrected chi connectivity index (χ3v) is 6.14.